The van der Waals surface area contributed by atoms with Crippen LogP contribution in [0.4, 0.5) is 4.39 Å². The molecule has 6 heteroatoms. The summed E-state index contributed by atoms with van der Waals surface area (Å²) < 4.78 is 38.8. The molecular weight excluding hydrogens is 370 g/mol. The Morgan fingerprint density at radius 1 is 1.03 bits per heavy atom. The van der Waals surface area contributed by atoms with Crippen LogP contribution < -0.4 is 10.2 Å². The lowest BCUT2D eigenvalue weighted by Gasteiger charge is -2.40. The van der Waals surface area contributed by atoms with Crippen LogP contribution in [-0.4, -0.2) is 32.2 Å². The highest BCUT2D eigenvalue weighted by Crippen LogP contribution is 2.65. The molecule has 0 radical (unpaired) electrons. The topological polar surface area (TPSA) is 36.9 Å². The van der Waals surface area contributed by atoms with Gasteiger partial charge in [0, 0.05) is 18.1 Å². The van der Waals surface area contributed by atoms with Gasteiger partial charge in [-0.1, -0.05) is 0 Å². The predicted octanol–water partition coefficient (Wildman–Crippen LogP) is 4.19. The lowest BCUT2D eigenvalue weighted by molar-refractivity contribution is 0.00578. The van der Waals surface area contributed by atoms with Crippen LogP contribution in [-0.2, 0) is 19.5 Å². The highest BCUT2D eigenvalue weighted by atomic mass is 19.1. The van der Waals surface area contributed by atoms with Crippen molar-refractivity contribution >= 4 is 12.6 Å². The molecule has 2 unspecified atom stereocenters. The van der Waals surface area contributed by atoms with Gasteiger partial charge in [0.2, 0.25) is 0 Å². The van der Waals surface area contributed by atoms with E-state index in [1.165, 1.54) is 18.9 Å². The van der Waals surface area contributed by atoms with Crippen LogP contribution in [0.25, 0.3) is 0 Å². The Morgan fingerprint density at radius 2 is 1.66 bits per heavy atom. The van der Waals surface area contributed by atoms with Crippen molar-refractivity contribution in [1.29, 1.82) is 0 Å². The maximum atomic E-state index is 15.0. The van der Waals surface area contributed by atoms with Crippen LogP contribution in [0.1, 0.15) is 65.4 Å². The first kappa shape index (κ1) is 19.8. The van der Waals surface area contributed by atoms with Gasteiger partial charge in [-0.05, 0) is 95.1 Å². The Balaban J connectivity index is 1.60. The molecule has 0 spiro atoms. The number of ether oxygens (including phenoxy) is 2. The molecule has 4 saturated carbocycles. The van der Waals surface area contributed by atoms with Crippen molar-refractivity contribution in [3.05, 3.63) is 23.5 Å². The van der Waals surface area contributed by atoms with E-state index in [2.05, 4.69) is 0 Å². The van der Waals surface area contributed by atoms with Crippen LogP contribution in [0.15, 0.2) is 12.1 Å². The first-order valence-electron chi connectivity index (χ1n) is 11.0. The van der Waals surface area contributed by atoms with Crippen LogP contribution in [0.2, 0.25) is 0 Å². The van der Waals surface area contributed by atoms with E-state index in [1.807, 2.05) is 27.7 Å². The van der Waals surface area contributed by atoms with Crippen LogP contribution in [0.5, 0.6) is 5.75 Å². The predicted molar refractivity (Wildman–Crippen MR) is 110 cm³/mol. The molecule has 1 aliphatic heterocycles. The summed E-state index contributed by atoms with van der Waals surface area (Å²) in [6, 6.07) is 3.22. The van der Waals surface area contributed by atoms with Gasteiger partial charge < -0.3 is 18.8 Å². The van der Waals surface area contributed by atoms with Crippen LogP contribution >= 0.6 is 0 Å². The standard InChI is InChI=1S/C23H32BFO4/c1-21(2)22(3,4)29-24(28-21)19-9-17(25)8-18(20(19)27-13-26-5)23-10-14-6-15(11-23)16(7-14)12-23/h8-9,14-16H,6-7,10-13H2,1-5H3. The first-order valence-corrected chi connectivity index (χ1v) is 11.0. The molecule has 0 amide bonds. The molecule has 1 saturated heterocycles. The van der Waals surface area contributed by atoms with Crippen molar-refractivity contribution in [2.75, 3.05) is 13.9 Å². The summed E-state index contributed by atoms with van der Waals surface area (Å²) in [5.41, 5.74) is 0.668. The van der Waals surface area contributed by atoms with Gasteiger partial charge in [-0.15, -0.1) is 0 Å². The molecule has 29 heavy (non-hydrogen) atoms. The van der Waals surface area contributed by atoms with E-state index in [0.29, 0.717) is 11.2 Å². The smallest absolute Gasteiger partial charge is 0.468 e. The largest absolute Gasteiger partial charge is 0.498 e. The summed E-state index contributed by atoms with van der Waals surface area (Å²) in [4.78, 5) is 0. The molecule has 0 N–H and O–H groups in total. The molecule has 158 valence electrons. The first-order chi connectivity index (χ1) is 13.6. The lowest BCUT2D eigenvalue weighted by Crippen LogP contribution is -2.41. The van der Waals surface area contributed by atoms with Gasteiger partial charge in [-0.25, -0.2) is 4.39 Å². The highest BCUT2D eigenvalue weighted by molar-refractivity contribution is 6.63. The summed E-state index contributed by atoms with van der Waals surface area (Å²) >= 11 is 0. The van der Waals surface area contributed by atoms with E-state index in [-0.39, 0.29) is 18.0 Å². The number of benzene rings is 1. The molecule has 4 bridgehead atoms. The molecule has 1 aromatic carbocycles. The molecule has 5 aliphatic rings. The fraction of sp³-hybridized carbons (Fsp3) is 0.739. The Kier molecular flexibility index (Phi) is 4.41. The third kappa shape index (κ3) is 2.97. The molecule has 4 nitrogen and oxygen atoms in total. The Bertz CT molecular complexity index is 788. The van der Waals surface area contributed by atoms with Gasteiger partial charge in [0.1, 0.15) is 11.6 Å². The zero-order chi connectivity index (χ0) is 20.6. The van der Waals surface area contributed by atoms with Gasteiger partial charge >= 0.3 is 7.12 Å². The summed E-state index contributed by atoms with van der Waals surface area (Å²) in [7, 11) is 0.949. The second kappa shape index (κ2) is 6.45. The van der Waals surface area contributed by atoms with Crippen molar-refractivity contribution in [1.82, 2.24) is 0 Å². The fourth-order valence-corrected chi connectivity index (χ4v) is 6.57. The van der Waals surface area contributed by atoms with Crippen molar-refractivity contribution < 1.29 is 23.2 Å². The number of hydrogen-bond acceptors (Lipinski definition) is 4. The SMILES string of the molecule is COCOc1c(B2OC(C)(C)C(C)(C)O2)cc(F)cc1C12CC3CC(C1)C(C3)C2. The van der Waals surface area contributed by atoms with Crippen molar-refractivity contribution in [2.24, 2.45) is 17.8 Å². The van der Waals surface area contributed by atoms with E-state index in [9.17, 15) is 4.39 Å². The molecule has 1 heterocycles. The normalized spacial score (nSPS) is 36.2. The highest BCUT2D eigenvalue weighted by Gasteiger charge is 2.58. The monoisotopic (exact) mass is 402 g/mol. The lowest BCUT2D eigenvalue weighted by atomic mass is 9.64. The second-order valence-electron chi connectivity index (χ2n) is 10.8. The van der Waals surface area contributed by atoms with Gasteiger partial charge in [-0.2, -0.15) is 0 Å². The third-order valence-electron chi connectivity index (χ3n) is 8.41. The van der Waals surface area contributed by atoms with Gasteiger partial charge in [0.25, 0.3) is 0 Å². The summed E-state index contributed by atoms with van der Waals surface area (Å²) in [5, 5.41) is 0. The minimum atomic E-state index is -0.659. The maximum Gasteiger partial charge on any atom is 0.498 e. The summed E-state index contributed by atoms with van der Waals surface area (Å²) in [6.07, 6.45) is 6.11. The molecule has 0 aromatic heterocycles. The number of hydrogen-bond donors (Lipinski definition) is 0. The Labute approximate surface area is 173 Å². The Morgan fingerprint density at radius 3 is 2.21 bits per heavy atom. The van der Waals surface area contributed by atoms with Crippen LogP contribution in [0, 0.1) is 23.6 Å². The second-order valence-corrected chi connectivity index (χ2v) is 10.8. The number of halogens is 1. The molecule has 1 aromatic rings. The van der Waals surface area contributed by atoms with Crippen LogP contribution in [0.3, 0.4) is 0 Å². The molecule has 5 fully saturated rings. The Hall–Kier alpha value is -1.11. The van der Waals surface area contributed by atoms with Crippen molar-refractivity contribution in [2.45, 2.75) is 76.4 Å². The quantitative estimate of drug-likeness (QED) is 0.547. The molecule has 6 rings (SSSR count). The van der Waals surface area contributed by atoms with E-state index in [1.54, 1.807) is 13.2 Å². The molecule has 2 atom stereocenters. The van der Waals surface area contributed by atoms with E-state index in [4.69, 9.17) is 18.8 Å². The van der Waals surface area contributed by atoms with E-state index in [0.717, 1.165) is 42.6 Å². The summed E-state index contributed by atoms with van der Waals surface area (Å²) in [5.74, 6) is 2.80. The summed E-state index contributed by atoms with van der Waals surface area (Å²) in [6.45, 7) is 8.17. The molecule has 4 aliphatic carbocycles. The minimum Gasteiger partial charge on any atom is -0.468 e. The average molecular weight is 402 g/mol. The molecular formula is C23H32BFO4. The fourth-order valence-electron chi connectivity index (χ4n) is 6.57. The van der Waals surface area contributed by atoms with Gasteiger partial charge in [0.05, 0.1) is 11.2 Å². The van der Waals surface area contributed by atoms with Gasteiger partial charge in [-0.3, -0.25) is 0 Å². The minimum absolute atomic E-state index is 0.0140. The maximum absolute atomic E-state index is 15.0. The number of rotatable bonds is 5. The van der Waals surface area contributed by atoms with Crippen molar-refractivity contribution in [3.63, 3.8) is 0 Å². The third-order valence-corrected chi connectivity index (χ3v) is 8.41. The number of methoxy groups -OCH3 is 1. The van der Waals surface area contributed by atoms with Gasteiger partial charge in [0.15, 0.2) is 6.79 Å². The van der Waals surface area contributed by atoms with E-state index < -0.39 is 18.3 Å². The van der Waals surface area contributed by atoms with E-state index >= 15 is 0 Å². The van der Waals surface area contributed by atoms with Crippen molar-refractivity contribution in [3.8, 4) is 5.75 Å². The zero-order valence-electron chi connectivity index (χ0n) is 18.2. The average Bonchev–Trinajstić information content (AvgIpc) is 3.14. The zero-order valence-corrected chi connectivity index (χ0v) is 18.2.